The maximum Gasteiger partial charge on any atom is 0.233 e. The molecule has 32 heavy (non-hydrogen) atoms. The van der Waals surface area contributed by atoms with E-state index in [-0.39, 0.29) is 16.7 Å². The smallest absolute Gasteiger partial charge is 0.233 e. The number of carbonyl (C=O) groups is 1. The molecule has 2 atom stereocenters. The molecule has 0 radical (unpaired) electrons. The zero-order chi connectivity index (χ0) is 22.6. The van der Waals surface area contributed by atoms with Crippen molar-refractivity contribution >= 4 is 32.2 Å². The largest absolute Gasteiger partial charge is 0.347 e. The van der Waals surface area contributed by atoms with Gasteiger partial charge in [-0.1, -0.05) is 43.9 Å². The number of nitrogens with zero attached hydrogens (tertiary/aromatic N) is 2. The monoisotopic (exact) mass is 470 g/mol. The van der Waals surface area contributed by atoms with Crippen molar-refractivity contribution in [3.63, 3.8) is 0 Å². The van der Waals surface area contributed by atoms with E-state index >= 15 is 0 Å². The van der Waals surface area contributed by atoms with Crippen molar-refractivity contribution in [1.29, 1.82) is 0 Å². The summed E-state index contributed by atoms with van der Waals surface area (Å²) in [5.41, 5.74) is 0.804. The first-order valence-electron chi connectivity index (χ1n) is 10.6. The minimum atomic E-state index is -3.72. The molecule has 0 bridgehead atoms. The average molecular weight is 471 g/mol. The fourth-order valence-electron chi connectivity index (χ4n) is 4.31. The number of sulfone groups is 1. The van der Waals surface area contributed by atoms with Crippen molar-refractivity contribution in [3.8, 4) is 0 Å². The van der Waals surface area contributed by atoms with Gasteiger partial charge in [0.25, 0.3) is 0 Å². The summed E-state index contributed by atoms with van der Waals surface area (Å²) in [6, 6.07) is 6.64. The number of aromatic amines is 1. The topological polar surface area (TPSA) is 105 Å². The second kappa shape index (κ2) is 9.79. The van der Waals surface area contributed by atoms with Gasteiger partial charge in [-0.05, 0) is 30.0 Å². The van der Waals surface area contributed by atoms with Gasteiger partial charge in [-0.25, -0.2) is 18.4 Å². The zero-order valence-corrected chi connectivity index (χ0v) is 19.2. The molecule has 0 spiro atoms. The normalized spacial score (nSPS) is 16.5. The molecule has 4 rings (SSSR count). The zero-order valence-electron chi connectivity index (χ0n) is 17.6. The Labute approximate surface area is 191 Å². The van der Waals surface area contributed by atoms with Gasteiger partial charge in [-0.15, -0.1) is 17.9 Å². The van der Waals surface area contributed by atoms with Crippen LogP contribution in [0.25, 0.3) is 0 Å². The van der Waals surface area contributed by atoms with Crippen LogP contribution in [0.5, 0.6) is 0 Å². The number of aromatic nitrogens is 3. The molecule has 2 unspecified atom stereocenters. The number of benzene rings is 1. The van der Waals surface area contributed by atoms with Crippen molar-refractivity contribution in [2.75, 3.05) is 5.32 Å². The van der Waals surface area contributed by atoms with Crippen LogP contribution >= 0.6 is 11.3 Å². The molecule has 0 aliphatic heterocycles. The van der Waals surface area contributed by atoms with Crippen LogP contribution in [0.2, 0.25) is 0 Å². The van der Waals surface area contributed by atoms with E-state index in [9.17, 15) is 13.2 Å². The summed E-state index contributed by atoms with van der Waals surface area (Å²) in [6.07, 6.45) is 11.5. The third-order valence-corrected chi connectivity index (χ3v) is 8.67. The summed E-state index contributed by atoms with van der Waals surface area (Å²) in [6.45, 7) is 3.67. The second-order valence-electron chi connectivity index (χ2n) is 8.01. The van der Waals surface area contributed by atoms with E-state index in [0.29, 0.717) is 16.9 Å². The Balaban J connectivity index is 1.59. The van der Waals surface area contributed by atoms with E-state index in [1.54, 1.807) is 36.7 Å². The lowest BCUT2D eigenvalue weighted by Gasteiger charge is -2.20. The van der Waals surface area contributed by atoms with Gasteiger partial charge in [-0.3, -0.25) is 4.79 Å². The van der Waals surface area contributed by atoms with E-state index in [4.69, 9.17) is 0 Å². The maximum atomic E-state index is 13.1. The molecular weight excluding hydrogens is 444 g/mol. The van der Waals surface area contributed by atoms with Crippen molar-refractivity contribution in [3.05, 3.63) is 72.3 Å². The SMILES string of the molecule is C=CC(c1ncc[nH]1)S(=O)(=O)c1ccc(C(CC2CCCC2)C(=O)Nc2nccs2)cc1. The van der Waals surface area contributed by atoms with Crippen molar-refractivity contribution in [1.82, 2.24) is 15.0 Å². The number of amides is 1. The molecule has 9 heteroatoms. The van der Waals surface area contributed by atoms with Gasteiger partial charge in [0.2, 0.25) is 5.91 Å². The van der Waals surface area contributed by atoms with Gasteiger partial charge < -0.3 is 10.3 Å². The van der Waals surface area contributed by atoms with Crippen LogP contribution in [0, 0.1) is 5.92 Å². The minimum Gasteiger partial charge on any atom is -0.347 e. The van der Waals surface area contributed by atoms with Crippen LogP contribution < -0.4 is 5.32 Å². The number of rotatable bonds is 9. The Kier molecular flexibility index (Phi) is 6.86. The molecule has 1 saturated carbocycles. The second-order valence-corrected chi connectivity index (χ2v) is 11.0. The molecule has 2 N–H and O–H groups in total. The Morgan fingerprint density at radius 1 is 1.22 bits per heavy atom. The molecule has 1 aliphatic carbocycles. The predicted octanol–water partition coefficient (Wildman–Crippen LogP) is 4.87. The minimum absolute atomic E-state index is 0.109. The molecule has 3 aromatic rings. The number of anilines is 1. The first-order chi connectivity index (χ1) is 15.5. The van der Waals surface area contributed by atoms with Gasteiger partial charge in [0.15, 0.2) is 15.0 Å². The third kappa shape index (κ3) is 4.83. The fourth-order valence-corrected chi connectivity index (χ4v) is 6.32. The number of carbonyl (C=O) groups excluding carboxylic acids is 1. The maximum absolute atomic E-state index is 13.1. The number of imidazole rings is 1. The van der Waals surface area contributed by atoms with Crippen LogP contribution in [0.1, 0.15) is 54.7 Å². The molecule has 1 aromatic carbocycles. The van der Waals surface area contributed by atoms with Gasteiger partial charge in [0, 0.05) is 24.0 Å². The summed E-state index contributed by atoms with van der Waals surface area (Å²) in [4.78, 5) is 24.4. The molecule has 1 amide bonds. The van der Waals surface area contributed by atoms with E-state index in [2.05, 4.69) is 26.8 Å². The van der Waals surface area contributed by atoms with Crippen molar-refractivity contribution in [2.24, 2.45) is 5.92 Å². The number of thiazole rings is 1. The van der Waals surface area contributed by atoms with Crippen LogP contribution in [0.15, 0.2) is 65.8 Å². The van der Waals surface area contributed by atoms with Crippen LogP contribution in [-0.2, 0) is 14.6 Å². The van der Waals surface area contributed by atoms with Gasteiger partial charge >= 0.3 is 0 Å². The molecular formula is C23H26N4O3S2. The van der Waals surface area contributed by atoms with E-state index in [0.717, 1.165) is 24.8 Å². The number of nitrogens with one attached hydrogen (secondary N) is 2. The quantitative estimate of drug-likeness (QED) is 0.434. The van der Waals surface area contributed by atoms with E-state index in [1.807, 2.05) is 5.38 Å². The van der Waals surface area contributed by atoms with Crippen LogP contribution in [-0.4, -0.2) is 29.3 Å². The summed E-state index contributed by atoms with van der Waals surface area (Å²) in [5, 5.41) is 4.33. The Bertz CT molecular complexity index is 1130. The highest BCUT2D eigenvalue weighted by molar-refractivity contribution is 7.91. The standard InChI is InChI=1S/C23H26N4O3S2/c1-2-20(21-24-11-12-25-21)32(29,30)18-9-7-17(8-10-18)19(15-16-5-3-4-6-16)22(28)27-23-26-13-14-31-23/h2,7-14,16,19-20H,1,3-6,15H2,(H,24,25)(H,26,27,28). The summed E-state index contributed by atoms with van der Waals surface area (Å²) in [5.74, 6) is 0.349. The van der Waals surface area contributed by atoms with Gasteiger partial charge in [0.05, 0.1) is 10.8 Å². The molecule has 1 aliphatic rings. The third-order valence-electron chi connectivity index (χ3n) is 5.97. The molecule has 1 fully saturated rings. The van der Waals surface area contributed by atoms with Gasteiger partial charge in [-0.2, -0.15) is 0 Å². The molecule has 2 aromatic heterocycles. The number of hydrogen-bond donors (Lipinski definition) is 2. The predicted molar refractivity (Wildman–Crippen MR) is 125 cm³/mol. The Morgan fingerprint density at radius 2 is 1.97 bits per heavy atom. The summed E-state index contributed by atoms with van der Waals surface area (Å²) >= 11 is 1.38. The molecule has 2 heterocycles. The summed E-state index contributed by atoms with van der Waals surface area (Å²) < 4.78 is 26.3. The lowest BCUT2D eigenvalue weighted by atomic mass is 9.87. The Morgan fingerprint density at radius 3 is 2.56 bits per heavy atom. The fraction of sp³-hybridized carbons (Fsp3) is 0.348. The lowest BCUT2D eigenvalue weighted by molar-refractivity contribution is -0.118. The van der Waals surface area contributed by atoms with Crippen molar-refractivity contribution in [2.45, 2.75) is 48.2 Å². The highest BCUT2D eigenvalue weighted by Gasteiger charge is 2.30. The van der Waals surface area contributed by atoms with E-state index < -0.39 is 15.1 Å². The van der Waals surface area contributed by atoms with E-state index in [1.165, 1.54) is 36.5 Å². The lowest BCUT2D eigenvalue weighted by Crippen LogP contribution is -2.23. The van der Waals surface area contributed by atoms with Crippen molar-refractivity contribution < 1.29 is 13.2 Å². The van der Waals surface area contributed by atoms with Crippen LogP contribution in [0.4, 0.5) is 5.13 Å². The molecule has 7 nitrogen and oxygen atoms in total. The average Bonchev–Trinajstić information content (AvgIpc) is 3.56. The number of hydrogen-bond acceptors (Lipinski definition) is 6. The molecule has 168 valence electrons. The summed E-state index contributed by atoms with van der Waals surface area (Å²) in [7, 11) is -3.72. The highest BCUT2D eigenvalue weighted by Crippen LogP contribution is 2.36. The first-order valence-corrected chi connectivity index (χ1v) is 13.1. The van der Waals surface area contributed by atoms with Crippen LogP contribution in [0.3, 0.4) is 0 Å². The first kappa shape index (κ1) is 22.4. The number of H-pyrrole nitrogens is 1. The van der Waals surface area contributed by atoms with Gasteiger partial charge in [0.1, 0.15) is 11.1 Å². The highest BCUT2D eigenvalue weighted by atomic mass is 32.2. The molecule has 0 saturated heterocycles. The Hall–Kier alpha value is -2.78.